The fraction of sp³-hybridized carbons (Fsp3) is 0.579. The van der Waals surface area contributed by atoms with E-state index >= 15 is 0 Å². The van der Waals surface area contributed by atoms with Crippen molar-refractivity contribution in [1.29, 1.82) is 0 Å². The van der Waals surface area contributed by atoms with Crippen LogP contribution >= 0.6 is 0 Å². The molecule has 0 atom stereocenters. The Morgan fingerprint density at radius 3 is 1.89 bits per heavy atom. The summed E-state index contributed by atoms with van der Waals surface area (Å²) in [7, 11) is 0. The molecule has 0 unspecified atom stereocenters. The molecule has 0 aromatic heterocycles. The third-order valence-corrected chi connectivity index (χ3v) is 4.83. The smallest absolute Gasteiger partial charge is 0.362 e. The second-order valence-electron chi connectivity index (χ2n) is 6.84. The Balaban J connectivity index is 2.03. The van der Waals surface area contributed by atoms with Crippen LogP contribution in [0.1, 0.15) is 18.1 Å². The van der Waals surface area contributed by atoms with Gasteiger partial charge in [0.25, 0.3) is 0 Å². The van der Waals surface area contributed by atoms with E-state index in [4.69, 9.17) is 5.11 Å². The number of benzene rings is 1. The largest absolute Gasteiger partial charge is 0.480 e. The van der Waals surface area contributed by atoms with E-state index in [-0.39, 0.29) is 13.1 Å². The standard InChI is InChI=1S/C19H28FN3O4/c1-2-16-3-5-17(6-4-16)13-21-7-9-22(14-18(24)25)10-12-23(11-8-21)15-19(26)27-20/h3-6H,2,7-15H2,1H3,(H,24,25). The van der Waals surface area contributed by atoms with Crippen molar-refractivity contribution in [1.82, 2.24) is 14.7 Å². The zero-order chi connectivity index (χ0) is 19.6. The number of halogens is 1. The minimum Gasteiger partial charge on any atom is -0.480 e. The molecule has 0 bridgehead atoms. The molecule has 1 saturated heterocycles. The average molecular weight is 381 g/mol. The van der Waals surface area contributed by atoms with Gasteiger partial charge < -0.3 is 5.11 Å². The molecule has 150 valence electrons. The van der Waals surface area contributed by atoms with E-state index in [1.165, 1.54) is 11.1 Å². The maximum absolute atomic E-state index is 12.1. The summed E-state index contributed by atoms with van der Waals surface area (Å²) in [4.78, 5) is 31.6. The number of aliphatic carboxylic acids is 1. The topological polar surface area (TPSA) is 73.3 Å². The second-order valence-corrected chi connectivity index (χ2v) is 6.84. The van der Waals surface area contributed by atoms with Crippen LogP contribution in [0.15, 0.2) is 24.3 Å². The first-order valence-electron chi connectivity index (χ1n) is 9.28. The Hall–Kier alpha value is -2.03. The highest BCUT2D eigenvalue weighted by molar-refractivity contribution is 5.71. The third-order valence-electron chi connectivity index (χ3n) is 4.83. The molecule has 0 amide bonds. The molecular weight excluding hydrogens is 353 g/mol. The Morgan fingerprint density at radius 2 is 1.41 bits per heavy atom. The second kappa shape index (κ2) is 11.0. The van der Waals surface area contributed by atoms with Crippen molar-refractivity contribution < 1.29 is 24.2 Å². The van der Waals surface area contributed by atoms with Gasteiger partial charge in [0, 0.05) is 50.3 Å². The lowest BCUT2D eigenvalue weighted by Gasteiger charge is -2.25. The van der Waals surface area contributed by atoms with E-state index in [1.807, 2.05) is 4.90 Å². The lowest BCUT2D eigenvalue weighted by molar-refractivity contribution is -0.184. The molecule has 0 spiro atoms. The molecule has 2 rings (SSSR count). The van der Waals surface area contributed by atoms with Gasteiger partial charge in [-0.2, -0.15) is 0 Å². The fourth-order valence-electron chi connectivity index (χ4n) is 3.20. The van der Waals surface area contributed by atoms with Gasteiger partial charge in [0.05, 0.1) is 6.54 Å². The molecule has 1 aromatic rings. The number of carboxylic acid groups (broad SMARTS) is 1. The molecule has 1 heterocycles. The van der Waals surface area contributed by atoms with Crippen molar-refractivity contribution >= 4 is 11.9 Å². The fourth-order valence-corrected chi connectivity index (χ4v) is 3.20. The number of hydrogen-bond acceptors (Lipinski definition) is 6. The Kier molecular flexibility index (Phi) is 8.63. The molecule has 8 heteroatoms. The van der Waals surface area contributed by atoms with Gasteiger partial charge in [0.15, 0.2) is 0 Å². The highest BCUT2D eigenvalue weighted by Gasteiger charge is 2.20. The molecular formula is C19H28FN3O4. The van der Waals surface area contributed by atoms with E-state index in [1.54, 1.807) is 4.90 Å². The summed E-state index contributed by atoms with van der Waals surface area (Å²) in [5.74, 6) is -1.81. The minimum atomic E-state index is -0.930. The van der Waals surface area contributed by atoms with Gasteiger partial charge in [0.2, 0.25) is 0 Å². The van der Waals surface area contributed by atoms with Crippen LogP contribution in [0.5, 0.6) is 0 Å². The zero-order valence-corrected chi connectivity index (χ0v) is 15.8. The number of hydrogen-bond donors (Lipinski definition) is 1. The van der Waals surface area contributed by atoms with Crippen molar-refractivity contribution in [2.45, 2.75) is 19.9 Å². The molecule has 0 aliphatic carbocycles. The van der Waals surface area contributed by atoms with Crippen molar-refractivity contribution in [2.75, 3.05) is 52.4 Å². The van der Waals surface area contributed by atoms with Gasteiger partial charge in [-0.05, 0) is 17.5 Å². The first-order chi connectivity index (χ1) is 13.0. The van der Waals surface area contributed by atoms with Gasteiger partial charge in [-0.1, -0.05) is 31.2 Å². The minimum absolute atomic E-state index is 0.0551. The lowest BCUT2D eigenvalue weighted by atomic mass is 10.1. The summed E-state index contributed by atoms with van der Waals surface area (Å²) >= 11 is 0. The molecule has 1 N–H and O–H groups in total. The highest BCUT2D eigenvalue weighted by Crippen LogP contribution is 2.10. The molecule has 27 heavy (non-hydrogen) atoms. The van der Waals surface area contributed by atoms with E-state index < -0.39 is 11.9 Å². The number of carbonyl (C=O) groups excluding carboxylic acids is 1. The molecule has 1 aliphatic heterocycles. The number of nitrogens with zero attached hydrogens (tertiary/aromatic N) is 3. The predicted octanol–water partition coefficient (Wildman–Crippen LogP) is 1.18. The van der Waals surface area contributed by atoms with Gasteiger partial charge in [-0.3, -0.25) is 24.4 Å². The van der Waals surface area contributed by atoms with Crippen LogP contribution < -0.4 is 0 Å². The van der Waals surface area contributed by atoms with Gasteiger partial charge >= 0.3 is 11.9 Å². The maximum Gasteiger partial charge on any atom is 0.362 e. The summed E-state index contributed by atoms with van der Waals surface area (Å²) in [6.45, 7) is 6.30. The zero-order valence-electron chi connectivity index (χ0n) is 15.8. The Labute approximate surface area is 159 Å². The quantitative estimate of drug-likeness (QED) is 0.760. The van der Waals surface area contributed by atoms with Crippen LogP contribution in [-0.2, 0) is 27.5 Å². The number of rotatable bonds is 7. The lowest BCUT2D eigenvalue weighted by Crippen LogP contribution is -2.40. The Bertz CT molecular complexity index is 611. The van der Waals surface area contributed by atoms with E-state index in [0.29, 0.717) is 32.7 Å². The third kappa shape index (κ3) is 7.62. The first kappa shape index (κ1) is 21.3. The van der Waals surface area contributed by atoms with Gasteiger partial charge in [-0.25, -0.2) is 4.79 Å². The first-order valence-corrected chi connectivity index (χ1v) is 9.28. The van der Waals surface area contributed by atoms with Crippen LogP contribution in [0.2, 0.25) is 0 Å². The molecule has 0 radical (unpaired) electrons. The highest BCUT2D eigenvalue weighted by atomic mass is 19.3. The summed E-state index contributed by atoms with van der Waals surface area (Å²) in [5.41, 5.74) is 2.47. The number of carboxylic acids is 1. The molecule has 1 aliphatic rings. The molecule has 1 aromatic carbocycles. The number of carbonyl (C=O) groups is 2. The normalized spacial score (nSPS) is 17.7. The Morgan fingerprint density at radius 1 is 0.926 bits per heavy atom. The van der Waals surface area contributed by atoms with Crippen LogP contribution in [0.4, 0.5) is 4.53 Å². The summed E-state index contributed by atoms with van der Waals surface area (Å²) in [5, 5.41) is 9.11. The van der Waals surface area contributed by atoms with Crippen molar-refractivity contribution in [3.63, 3.8) is 0 Å². The van der Waals surface area contributed by atoms with Crippen LogP contribution in [-0.4, -0.2) is 84.1 Å². The predicted molar refractivity (Wildman–Crippen MR) is 98.8 cm³/mol. The molecule has 0 saturated carbocycles. The summed E-state index contributed by atoms with van der Waals surface area (Å²) in [6, 6.07) is 8.45. The van der Waals surface area contributed by atoms with Crippen LogP contribution in [0.3, 0.4) is 0 Å². The van der Waals surface area contributed by atoms with E-state index in [2.05, 4.69) is 41.0 Å². The van der Waals surface area contributed by atoms with Crippen LogP contribution in [0, 0.1) is 0 Å². The van der Waals surface area contributed by atoms with E-state index in [0.717, 1.165) is 19.5 Å². The van der Waals surface area contributed by atoms with Gasteiger partial charge in [0.1, 0.15) is 6.54 Å². The van der Waals surface area contributed by atoms with Crippen molar-refractivity contribution in [2.24, 2.45) is 0 Å². The van der Waals surface area contributed by atoms with Gasteiger partial charge in [-0.15, -0.1) is 0 Å². The van der Waals surface area contributed by atoms with Crippen LogP contribution in [0.25, 0.3) is 0 Å². The van der Waals surface area contributed by atoms with Crippen molar-refractivity contribution in [3.8, 4) is 0 Å². The monoisotopic (exact) mass is 381 g/mol. The summed E-state index contributed by atoms with van der Waals surface area (Å²) < 4.78 is 12.1. The summed E-state index contributed by atoms with van der Waals surface area (Å²) in [6.07, 6.45) is 0.994. The number of aryl methyl sites for hydroxylation is 1. The SMILES string of the molecule is CCc1ccc(CN2CCN(CC(=O)O)CCN(CC(=O)OF)CC2)cc1. The van der Waals surface area contributed by atoms with E-state index in [9.17, 15) is 14.1 Å². The molecule has 1 fully saturated rings. The molecule has 7 nitrogen and oxygen atoms in total. The maximum atomic E-state index is 12.1. The average Bonchev–Trinajstić information content (AvgIpc) is 2.74. The van der Waals surface area contributed by atoms with Crippen molar-refractivity contribution in [3.05, 3.63) is 35.4 Å².